The summed E-state index contributed by atoms with van der Waals surface area (Å²) >= 11 is 7.33. The molecule has 0 saturated carbocycles. The molecule has 0 amide bonds. The Morgan fingerprint density at radius 1 is 1.15 bits per heavy atom. The highest BCUT2D eigenvalue weighted by Crippen LogP contribution is 2.33. The maximum absolute atomic E-state index is 13.5. The molecule has 5 rings (SSSR count). The van der Waals surface area contributed by atoms with Crippen LogP contribution in [0.3, 0.4) is 0 Å². The Hall–Kier alpha value is -2.85. The summed E-state index contributed by atoms with van der Waals surface area (Å²) in [4.78, 5) is 15.5. The van der Waals surface area contributed by atoms with Crippen molar-refractivity contribution in [1.29, 1.82) is 0 Å². The predicted molar refractivity (Wildman–Crippen MR) is 135 cm³/mol. The molecule has 7 nitrogen and oxygen atoms in total. The van der Waals surface area contributed by atoms with Gasteiger partial charge >= 0.3 is 0 Å². The number of thiazole rings is 1. The summed E-state index contributed by atoms with van der Waals surface area (Å²) in [6.07, 6.45) is 4.11. The summed E-state index contributed by atoms with van der Waals surface area (Å²) in [5, 5.41) is 7.27. The van der Waals surface area contributed by atoms with E-state index in [1.807, 2.05) is 12.1 Å². The quantitative estimate of drug-likeness (QED) is 0.309. The van der Waals surface area contributed by atoms with E-state index in [-0.39, 0.29) is 5.02 Å². The molecule has 1 fully saturated rings. The van der Waals surface area contributed by atoms with Crippen LogP contribution in [-0.4, -0.2) is 46.2 Å². The third-order valence-corrected chi connectivity index (χ3v) is 6.83. The van der Waals surface area contributed by atoms with Gasteiger partial charge in [-0.05, 0) is 55.8 Å². The van der Waals surface area contributed by atoms with Crippen LogP contribution in [0.15, 0.2) is 48.8 Å². The predicted octanol–water partition coefficient (Wildman–Crippen LogP) is 5.98. The van der Waals surface area contributed by atoms with Crippen LogP contribution in [0.1, 0.15) is 18.4 Å². The Morgan fingerprint density at radius 2 is 1.97 bits per heavy atom. The molecule has 1 saturated heterocycles. The number of benzene rings is 2. The first-order chi connectivity index (χ1) is 16.5. The molecule has 0 radical (unpaired) electrons. The standard InChI is InChI=1S/C24H24ClFN6OS/c1-32(13-18-3-2-10-33-18)12-15-4-6-16(7-5-15)30-24-31-23-21(34-24)22(27-14-28-23)29-17-8-9-20(26)19(25)11-17/h4-9,11,14,18H,2-3,10,12-13H2,1H3,(H2,27,28,29,30,31)/t18-/m1/s1. The molecule has 0 unspecified atom stereocenters. The fraction of sp³-hybridized carbons (Fsp3) is 0.292. The number of likely N-dealkylation sites (N-methyl/N-ethyl adjacent to an activating group) is 1. The largest absolute Gasteiger partial charge is 0.377 e. The molecule has 10 heteroatoms. The number of fused-ring (bicyclic) bond motifs is 1. The summed E-state index contributed by atoms with van der Waals surface area (Å²) in [6, 6.07) is 12.8. The van der Waals surface area contributed by atoms with E-state index in [4.69, 9.17) is 16.3 Å². The number of nitrogens with zero attached hydrogens (tertiary/aromatic N) is 4. The van der Waals surface area contributed by atoms with Gasteiger partial charge in [-0.1, -0.05) is 35.1 Å². The fourth-order valence-electron chi connectivity index (χ4n) is 3.94. The van der Waals surface area contributed by atoms with Crippen LogP contribution < -0.4 is 10.6 Å². The van der Waals surface area contributed by atoms with E-state index in [2.05, 4.69) is 49.7 Å². The van der Waals surface area contributed by atoms with Crippen molar-refractivity contribution >= 4 is 55.6 Å². The molecule has 0 aliphatic carbocycles. The van der Waals surface area contributed by atoms with Gasteiger partial charge in [0.15, 0.2) is 16.6 Å². The van der Waals surface area contributed by atoms with E-state index in [1.54, 1.807) is 6.07 Å². The number of ether oxygens (including phenoxy) is 1. The van der Waals surface area contributed by atoms with Crippen LogP contribution in [-0.2, 0) is 11.3 Å². The van der Waals surface area contributed by atoms with Gasteiger partial charge in [0.2, 0.25) is 0 Å². The normalized spacial score (nSPS) is 15.8. The fourth-order valence-corrected chi connectivity index (χ4v) is 5.00. The second-order valence-electron chi connectivity index (χ2n) is 8.30. The summed E-state index contributed by atoms with van der Waals surface area (Å²) in [5.41, 5.74) is 3.39. The lowest BCUT2D eigenvalue weighted by molar-refractivity contribution is 0.0793. The van der Waals surface area contributed by atoms with Gasteiger partial charge in [0.25, 0.3) is 0 Å². The van der Waals surface area contributed by atoms with Crippen molar-refractivity contribution in [3.63, 3.8) is 0 Å². The Morgan fingerprint density at radius 3 is 2.74 bits per heavy atom. The maximum Gasteiger partial charge on any atom is 0.189 e. The van der Waals surface area contributed by atoms with Crippen molar-refractivity contribution in [1.82, 2.24) is 19.9 Å². The minimum Gasteiger partial charge on any atom is -0.377 e. The molecule has 4 aromatic rings. The van der Waals surface area contributed by atoms with Crippen molar-refractivity contribution in [2.45, 2.75) is 25.5 Å². The molecule has 34 heavy (non-hydrogen) atoms. The van der Waals surface area contributed by atoms with Crippen LogP contribution in [0.25, 0.3) is 10.3 Å². The second kappa shape index (κ2) is 10.2. The average molecular weight is 499 g/mol. The SMILES string of the molecule is CN(Cc1ccc(Nc2nc3ncnc(Nc4ccc(F)c(Cl)c4)c3s2)cc1)C[C@H]1CCCO1. The minimum absolute atomic E-state index is 0.0449. The summed E-state index contributed by atoms with van der Waals surface area (Å²) in [5.74, 6) is 0.118. The average Bonchev–Trinajstić information content (AvgIpc) is 3.47. The number of nitrogens with one attached hydrogen (secondary N) is 2. The van der Waals surface area contributed by atoms with Crippen molar-refractivity contribution in [3.05, 3.63) is 65.2 Å². The van der Waals surface area contributed by atoms with Crippen LogP contribution in [0.2, 0.25) is 5.02 Å². The Kier molecular flexibility index (Phi) is 6.87. The minimum atomic E-state index is -0.468. The number of aromatic nitrogens is 3. The molecule has 1 aliphatic rings. The molecule has 2 aromatic carbocycles. The lowest BCUT2D eigenvalue weighted by Gasteiger charge is -2.20. The molecule has 2 aromatic heterocycles. The third kappa shape index (κ3) is 5.44. The van der Waals surface area contributed by atoms with E-state index < -0.39 is 5.82 Å². The van der Waals surface area contributed by atoms with Crippen LogP contribution in [0.4, 0.5) is 26.7 Å². The Bertz CT molecular complexity index is 1280. The molecule has 0 bridgehead atoms. The number of hydrogen-bond acceptors (Lipinski definition) is 8. The number of halogens is 2. The molecule has 2 N–H and O–H groups in total. The second-order valence-corrected chi connectivity index (χ2v) is 9.71. The van der Waals surface area contributed by atoms with Gasteiger partial charge in [-0.15, -0.1) is 0 Å². The van der Waals surface area contributed by atoms with Crippen molar-refractivity contribution in [2.75, 3.05) is 30.8 Å². The van der Waals surface area contributed by atoms with E-state index in [9.17, 15) is 4.39 Å². The first-order valence-electron chi connectivity index (χ1n) is 11.0. The number of rotatable bonds is 8. The molecule has 176 valence electrons. The molecular formula is C24H24ClFN6OS. The first-order valence-corrected chi connectivity index (χ1v) is 12.2. The van der Waals surface area contributed by atoms with Gasteiger partial charge < -0.3 is 15.4 Å². The van der Waals surface area contributed by atoms with Gasteiger partial charge in [-0.25, -0.2) is 14.4 Å². The van der Waals surface area contributed by atoms with Gasteiger partial charge in [0, 0.05) is 31.1 Å². The molecule has 0 spiro atoms. The Labute approximate surface area is 206 Å². The zero-order valence-corrected chi connectivity index (χ0v) is 20.2. The monoisotopic (exact) mass is 498 g/mol. The molecule has 1 atom stereocenters. The van der Waals surface area contributed by atoms with E-state index in [0.29, 0.717) is 28.4 Å². The van der Waals surface area contributed by atoms with Crippen LogP contribution in [0, 0.1) is 5.82 Å². The first kappa shape index (κ1) is 22.9. The maximum atomic E-state index is 13.5. The van der Waals surface area contributed by atoms with Crippen LogP contribution >= 0.6 is 22.9 Å². The number of hydrogen-bond donors (Lipinski definition) is 2. The zero-order valence-electron chi connectivity index (χ0n) is 18.6. The summed E-state index contributed by atoms with van der Waals surface area (Å²) in [6.45, 7) is 2.71. The lowest BCUT2D eigenvalue weighted by atomic mass is 10.2. The zero-order chi connectivity index (χ0) is 23.5. The molecular weight excluding hydrogens is 475 g/mol. The van der Waals surface area contributed by atoms with Gasteiger partial charge in [-0.2, -0.15) is 4.98 Å². The van der Waals surface area contributed by atoms with Crippen molar-refractivity contribution in [2.24, 2.45) is 0 Å². The highest BCUT2D eigenvalue weighted by Gasteiger charge is 2.17. The molecule has 1 aliphatic heterocycles. The Balaban J connectivity index is 1.25. The number of anilines is 4. The van der Waals surface area contributed by atoms with Crippen molar-refractivity contribution in [3.8, 4) is 0 Å². The summed E-state index contributed by atoms with van der Waals surface area (Å²) in [7, 11) is 2.13. The molecule has 3 heterocycles. The van der Waals surface area contributed by atoms with E-state index in [0.717, 1.165) is 42.9 Å². The lowest BCUT2D eigenvalue weighted by Crippen LogP contribution is -2.28. The topological polar surface area (TPSA) is 75.2 Å². The van der Waals surface area contributed by atoms with E-state index in [1.165, 1.54) is 35.4 Å². The third-order valence-electron chi connectivity index (χ3n) is 5.57. The highest BCUT2D eigenvalue weighted by molar-refractivity contribution is 7.22. The van der Waals surface area contributed by atoms with Gasteiger partial charge in [0.05, 0.1) is 11.1 Å². The van der Waals surface area contributed by atoms with Gasteiger partial charge in [0.1, 0.15) is 16.8 Å². The van der Waals surface area contributed by atoms with E-state index >= 15 is 0 Å². The van der Waals surface area contributed by atoms with Crippen LogP contribution in [0.5, 0.6) is 0 Å². The van der Waals surface area contributed by atoms with Gasteiger partial charge in [-0.3, -0.25) is 4.90 Å². The summed E-state index contributed by atoms with van der Waals surface area (Å²) < 4.78 is 20.0. The van der Waals surface area contributed by atoms with Crippen molar-refractivity contribution < 1.29 is 9.13 Å². The highest BCUT2D eigenvalue weighted by atomic mass is 35.5. The smallest absolute Gasteiger partial charge is 0.189 e.